The highest BCUT2D eigenvalue weighted by Crippen LogP contribution is 2.32. The molecule has 176 valence electrons. The van der Waals surface area contributed by atoms with Gasteiger partial charge >= 0.3 is 0 Å². The highest BCUT2D eigenvalue weighted by Gasteiger charge is 2.31. The van der Waals surface area contributed by atoms with Crippen LogP contribution in [0.3, 0.4) is 0 Å². The third-order valence-corrected chi connectivity index (χ3v) is 9.32. The van der Waals surface area contributed by atoms with E-state index in [9.17, 15) is 13.2 Å². The molecule has 7 nitrogen and oxygen atoms in total. The summed E-state index contributed by atoms with van der Waals surface area (Å²) in [6.07, 6.45) is 0. The molecule has 2 aromatic carbocycles. The molecule has 34 heavy (non-hydrogen) atoms. The van der Waals surface area contributed by atoms with Crippen LogP contribution in [0.1, 0.15) is 15.4 Å². The second-order valence-corrected chi connectivity index (χ2v) is 11.8. The average molecular weight is 535 g/mol. The molecular weight excluding hydrogens is 515 g/mol. The summed E-state index contributed by atoms with van der Waals surface area (Å²) in [7, 11) is -3.63. The van der Waals surface area contributed by atoms with Crippen molar-refractivity contribution in [3.05, 3.63) is 75.2 Å². The minimum atomic E-state index is -3.63. The van der Waals surface area contributed by atoms with Gasteiger partial charge in [0.15, 0.2) is 0 Å². The molecule has 5 rings (SSSR count). The number of rotatable bonds is 4. The maximum Gasteiger partial charge on any atom is 0.264 e. The van der Waals surface area contributed by atoms with Crippen LogP contribution in [0.4, 0.5) is 0 Å². The van der Waals surface area contributed by atoms with E-state index in [-0.39, 0.29) is 23.9 Å². The number of hydrogen-bond donors (Lipinski definition) is 0. The van der Waals surface area contributed by atoms with E-state index in [1.807, 2.05) is 29.8 Å². The van der Waals surface area contributed by atoms with Crippen LogP contribution in [0, 0.1) is 6.92 Å². The van der Waals surface area contributed by atoms with Gasteiger partial charge in [-0.1, -0.05) is 23.2 Å². The first-order chi connectivity index (χ1) is 16.2. The smallest absolute Gasteiger partial charge is 0.264 e. The van der Waals surface area contributed by atoms with Crippen molar-refractivity contribution >= 4 is 60.7 Å². The molecule has 1 saturated heterocycles. The number of carbonyl (C=O) groups excluding carboxylic acids is 1. The SMILES string of the molecule is Cc1nn(-c2ccc(Cl)cc2)c2sc(C(=O)N3CCN(S(=O)(=O)c4ccc(Cl)cc4)CC3)cc12. The first kappa shape index (κ1) is 23.3. The number of piperazine rings is 1. The van der Waals surface area contributed by atoms with E-state index in [4.69, 9.17) is 23.2 Å². The number of nitrogens with zero attached hydrogens (tertiary/aromatic N) is 4. The van der Waals surface area contributed by atoms with E-state index in [0.717, 1.165) is 21.6 Å². The number of aromatic nitrogens is 2. The molecule has 3 heterocycles. The van der Waals surface area contributed by atoms with Gasteiger partial charge < -0.3 is 4.90 Å². The zero-order chi connectivity index (χ0) is 24.0. The molecule has 1 aliphatic heterocycles. The molecule has 0 bridgehead atoms. The van der Waals surface area contributed by atoms with E-state index in [1.54, 1.807) is 29.2 Å². The van der Waals surface area contributed by atoms with Crippen molar-refractivity contribution in [2.45, 2.75) is 11.8 Å². The highest BCUT2D eigenvalue weighted by molar-refractivity contribution is 7.89. The van der Waals surface area contributed by atoms with Crippen molar-refractivity contribution in [1.29, 1.82) is 0 Å². The van der Waals surface area contributed by atoms with Gasteiger partial charge in [0, 0.05) is 41.6 Å². The molecule has 0 radical (unpaired) electrons. The summed E-state index contributed by atoms with van der Waals surface area (Å²) in [4.78, 5) is 16.6. The molecule has 1 fully saturated rings. The van der Waals surface area contributed by atoms with E-state index in [1.165, 1.54) is 27.8 Å². The molecular formula is C23H20Cl2N4O3S2. The summed E-state index contributed by atoms with van der Waals surface area (Å²) in [6.45, 7) is 3.03. The fraction of sp³-hybridized carbons (Fsp3) is 0.217. The second-order valence-electron chi connectivity index (χ2n) is 7.95. The average Bonchev–Trinajstić information content (AvgIpc) is 3.40. The summed E-state index contributed by atoms with van der Waals surface area (Å²) in [5, 5.41) is 6.66. The molecule has 2 aromatic heterocycles. The third kappa shape index (κ3) is 4.23. The third-order valence-electron chi connectivity index (χ3n) is 5.80. The molecule has 0 aliphatic carbocycles. The number of hydrogen-bond acceptors (Lipinski definition) is 5. The van der Waals surface area contributed by atoms with Crippen LogP contribution < -0.4 is 0 Å². The summed E-state index contributed by atoms with van der Waals surface area (Å²) >= 11 is 13.3. The monoisotopic (exact) mass is 534 g/mol. The molecule has 0 spiro atoms. The topological polar surface area (TPSA) is 75.5 Å². The summed E-state index contributed by atoms with van der Waals surface area (Å²) in [5.74, 6) is -0.105. The molecule has 11 heteroatoms. The van der Waals surface area contributed by atoms with Crippen LogP contribution in [-0.4, -0.2) is 59.5 Å². The molecule has 1 amide bonds. The minimum absolute atomic E-state index is 0.105. The molecule has 1 aliphatic rings. The Kier molecular flexibility index (Phi) is 6.16. The van der Waals surface area contributed by atoms with Gasteiger partial charge in [-0.05, 0) is 61.5 Å². The van der Waals surface area contributed by atoms with Crippen molar-refractivity contribution < 1.29 is 13.2 Å². The predicted molar refractivity (Wildman–Crippen MR) is 135 cm³/mol. The predicted octanol–water partition coefficient (Wildman–Crippen LogP) is 4.85. The highest BCUT2D eigenvalue weighted by atomic mass is 35.5. The molecule has 4 aromatic rings. The van der Waals surface area contributed by atoms with Gasteiger partial charge in [-0.3, -0.25) is 4.79 Å². The van der Waals surface area contributed by atoms with Crippen molar-refractivity contribution in [3.8, 4) is 5.69 Å². The maximum absolute atomic E-state index is 13.2. The number of halogens is 2. The Morgan fingerprint density at radius 3 is 2.15 bits per heavy atom. The fourth-order valence-corrected chi connectivity index (χ4v) is 6.78. The lowest BCUT2D eigenvalue weighted by atomic mass is 10.2. The van der Waals surface area contributed by atoms with Crippen molar-refractivity contribution in [2.75, 3.05) is 26.2 Å². The Morgan fingerprint density at radius 1 is 0.941 bits per heavy atom. The quantitative estimate of drug-likeness (QED) is 0.375. The summed E-state index contributed by atoms with van der Waals surface area (Å²) < 4.78 is 29.1. The van der Waals surface area contributed by atoms with Gasteiger partial charge in [0.2, 0.25) is 10.0 Å². The maximum atomic E-state index is 13.2. The number of benzene rings is 2. The van der Waals surface area contributed by atoms with Gasteiger partial charge in [-0.25, -0.2) is 13.1 Å². The van der Waals surface area contributed by atoms with Gasteiger partial charge in [-0.15, -0.1) is 11.3 Å². The zero-order valence-electron chi connectivity index (χ0n) is 18.1. The first-order valence-electron chi connectivity index (χ1n) is 10.5. The van der Waals surface area contributed by atoms with Gasteiger partial charge in [0.25, 0.3) is 5.91 Å². The molecule has 0 unspecified atom stereocenters. The number of carbonyl (C=O) groups is 1. The van der Waals surface area contributed by atoms with E-state index < -0.39 is 10.0 Å². The largest absolute Gasteiger partial charge is 0.335 e. The molecule has 0 N–H and O–H groups in total. The molecule has 0 atom stereocenters. The Balaban J connectivity index is 1.34. The van der Waals surface area contributed by atoms with Crippen LogP contribution in [0.5, 0.6) is 0 Å². The summed E-state index contributed by atoms with van der Waals surface area (Å²) in [5.41, 5.74) is 1.70. The number of aryl methyl sites for hydroxylation is 1. The standard InChI is InChI=1S/C23H20Cl2N4O3S2/c1-15-20-14-21(33-23(20)29(26-15)18-6-2-16(24)3-7-18)22(30)27-10-12-28(13-11-27)34(31,32)19-8-4-17(25)5-9-19/h2-9,14H,10-13H2,1H3. The normalized spacial score (nSPS) is 15.2. The van der Waals surface area contributed by atoms with Gasteiger partial charge in [0.05, 0.1) is 21.2 Å². The van der Waals surface area contributed by atoms with E-state index >= 15 is 0 Å². The zero-order valence-corrected chi connectivity index (χ0v) is 21.3. The van der Waals surface area contributed by atoms with Gasteiger partial charge in [0.1, 0.15) is 4.83 Å². The number of fused-ring (bicyclic) bond motifs is 1. The summed E-state index contributed by atoms with van der Waals surface area (Å²) in [6, 6.07) is 15.4. The van der Waals surface area contributed by atoms with E-state index in [0.29, 0.717) is 28.0 Å². The van der Waals surface area contributed by atoms with Crippen molar-refractivity contribution in [1.82, 2.24) is 19.0 Å². The van der Waals surface area contributed by atoms with Crippen molar-refractivity contribution in [2.24, 2.45) is 0 Å². The van der Waals surface area contributed by atoms with Crippen LogP contribution in [0.15, 0.2) is 59.5 Å². The Morgan fingerprint density at radius 2 is 1.53 bits per heavy atom. The lowest BCUT2D eigenvalue weighted by molar-refractivity contribution is 0.0703. The van der Waals surface area contributed by atoms with Crippen LogP contribution in [0.25, 0.3) is 15.9 Å². The Bertz CT molecular complexity index is 1470. The minimum Gasteiger partial charge on any atom is -0.335 e. The number of amides is 1. The van der Waals surface area contributed by atoms with E-state index in [2.05, 4.69) is 5.10 Å². The number of sulfonamides is 1. The molecule has 0 saturated carbocycles. The number of thiophene rings is 1. The second kappa shape index (κ2) is 8.98. The van der Waals surface area contributed by atoms with Crippen LogP contribution in [0.2, 0.25) is 10.0 Å². The first-order valence-corrected chi connectivity index (χ1v) is 13.6. The Hall–Kier alpha value is -2.43. The van der Waals surface area contributed by atoms with Gasteiger partial charge in [-0.2, -0.15) is 9.40 Å². The lowest BCUT2D eigenvalue weighted by Gasteiger charge is -2.33. The van der Waals surface area contributed by atoms with Crippen LogP contribution >= 0.6 is 34.5 Å². The Labute approximate surface area is 211 Å². The van der Waals surface area contributed by atoms with Crippen molar-refractivity contribution in [3.63, 3.8) is 0 Å². The van der Waals surface area contributed by atoms with Crippen LogP contribution in [-0.2, 0) is 10.0 Å². The fourth-order valence-electron chi connectivity index (χ4n) is 3.95. The lowest BCUT2D eigenvalue weighted by Crippen LogP contribution is -2.50.